The largest absolute Gasteiger partial charge is 0.497 e. The second-order valence-corrected chi connectivity index (χ2v) is 6.95. The summed E-state index contributed by atoms with van der Waals surface area (Å²) < 4.78 is 22.3. The molecule has 0 amide bonds. The highest BCUT2D eigenvalue weighted by Crippen LogP contribution is 2.50. The van der Waals surface area contributed by atoms with E-state index in [1.54, 1.807) is 14.2 Å². The van der Waals surface area contributed by atoms with Crippen molar-refractivity contribution in [1.29, 1.82) is 0 Å². The van der Waals surface area contributed by atoms with Crippen LogP contribution in [-0.4, -0.2) is 50.4 Å². The molecule has 0 unspecified atom stereocenters. The molecule has 0 aromatic heterocycles. The fraction of sp³-hybridized carbons (Fsp3) is 0.381. The molecule has 28 heavy (non-hydrogen) atoms. The molecular weight excluding hydrogens is 360 g/mol. The van der Waals surface area contributed by atoms with Gasteiger partial charge >= 0.3 is 0 Å². The first-order valence-corrected chi connectivity index (χ1v) is 9.21. The van der Waals surface area contributed by atoms with Crippen LogP contribution in [0.4, 0.5) is 0 Å². The Morgan fingerprint density at radius 1 is 1.25 bits per heavy atom. The van der Waals surface area contributed by atoms with E-state index in [1.807, 2.05) is 30.3 Å². The summed E-state index contributed by atoms with van der Waals surface area (Å²) in [6.07, 6.45) is 1.41. The van der Waals surface area contributed by atoms with Gasteiger partial charge in [-0.2, -0.15) is 0 Å². The molecule has 0 spiro atoms. The summed E-state index contributed by atoms with van der Waals surface area (Å²) in [7, 11) is 5.33. The average Bonchev–Trinajstić information content (AvgIpc) is 3.20. The highest BCUT2D eigenvalue weighted by molar-refractivity contribution is 6.01. The first-order chi connectivity index (χ1) is 13.7. The molecule has 0 saturated heterocycles. The lowest BCUT2D eigenvalue weighted by Gasteiger charge is -2.36. The zero-order valence-electron chi connectivity index (χ0n) is 16.3. The summed E-state index contributed by atoms with van der Waals surface area (Å²) in [5.74, 6) is 2.79. The highest BCUT2D eigenvalue weighted by Gasteiger charge is 2.34. The average molecular weight is 384 g/mol. The third-order valence-electron chi connectivity index (χ3n) is 5.46. The first kappa shape index (κ1) is 18.4. The van der Waals surface area contributed by atoms with Crippen LogP contribution in [0, 0.1) is 0 Å². The third-order valence-corrected chi connectivity index (χ3v) is 5.46. The summed E-state index contributed by atoms with van der Waals surface area (Å²) in [5, 5.41) is 13.3. The quantitative estimate of drug-likeness (QED) is 0.485. The Kier molecular flexibility index (Phi) is 5.00. The molecule has 2 aliphatic rings. The molecule has 2 aliphatic heterocycles. The standard InChI is InChI=1S/C21H24N2O5/c1-23-8-7-14-10-18-20(28-12-27-18)21(26-3)19(14)17(23)11-16(22-24)13-5-4-6-15(9-13)25-2/h4-6,9-10,17,24H,7-8,11-12H2,1-3H3/b22-16-/t17-/m0/s1. The Morgan fingerprint density at radius 2 is 2.11 bits per heavy atom. The molecule has 7 nitrogen and oxygen atoms in total. The Balaban J connectivity index is 1.74. The minimum atomic E-state index is -0.0229. The van der Waals surface area contributed by atoms with Crippen molar-refractivity contribution >= 4 is 5.71 Å². The molecule has 2 aromatic rings. The van der Waals surface area contributed by atoms with Gasteiger partial charge in [-0.3, -0.25) is 4.90 Å². The summed E-state index contributed by atoms with van der Waals surface area (Å²) in [5.41, 5.74) is 3.64. The number of nitrogens with zero attached hydrogens (tertiary/aromatic N) is 2. The Hall–Kier alpha value is -2.93. The van der Waals surface area contributed by atoms with Gasteiger partial charge in [-0.05, 0) is 37.2 Å². The van der Waals surface area contributed by atoms with Gasteiger partial charge in [-0.1, -0.05) is 17.3 Å². The molecule has 1 N–H and O–H groups in total. The topological polar surface area (TPSA) is 72.8 Å². The van der Waals surface area contributed by atoms with Gasteiger partial charge < -0.3 is 24.2 Å². The van der Waals surface area contributed by atoms with Gasteiger partial charge in [0, 0.05) is 30.1 Å². The zero-order valence-corrected chi connectivity index (χ0v) is 16.3. The van der Waals surface area contributed by atoms with Crippen molar-refractivity contribution in [3.63, 3.8) is 0 Å². The number of methoxy groups -OCH3 is 2. The molecule has 0 radical (unpaired) electrons. The van der Waals surface area contributed by atoms with E-state index in [4.69, 9.17) is 18.9 Å². The second-order valence-electron chi connectivity index (χ2n) is 6.95. The number of likely N-dealkylation sites (N-methyl/N-ethyl adjacent to an activating group) is 1. The van der Waals surface area contributed by atoms with Gasteiger partial charge in [0.15, 0.2) is 11.5 Å². The molecule has 2 heterocycles. The van der Waals surface area contributed by atoms with E-state index in [9.17, 15) is 5.21 Å². The van der Waals surface area contributed by atoms with Gasteiger partial charge in [-0.15, -0.1) is 0 Å². The van der Waals surface area contributed by atoms with Gasteiger partial charge in [0.1, 0.15) is 5.75 Å². The van der Waals surface area contributed by atoms with E-state index in [0.29, 0.717) is 23.6 Å². The van der Waals surface area contributed by atoms with E-state index in [2.05, 4.69) is 17.1 Å². The molecule has 7 heteroatoms. The van der Waals surface area contributed by atoms with E-state index < -0.39 is 0 Å². The predicted molar refractivity (Wildman–Crippen MR) is 104 cm³/mol. The van der Waals surface area contributed by atoms with Crippen LogP contribution < -0.4 is 18.9 Å². The molecule has 2 aromatic carbocycles. The SMILES string of the molecule is COc1cccc(/C(C[C@H]2c3c(cc4c(c3OC)OCO4)CCN2C)=N\O)c1. The minimum Gasteiger partial charge on any atom is -0.497 e. The van der Waals surface area contributed by atoms with Gasteiger partial charge in [0.25, 0.3) is 0 Å². The number of benzene rings is 2. The van der Waals surface area contributed by atoms with Crippen molar-refractivity contribution in [3.05, 3.63) is 47.0 Å². The molecule has 0 aliphatic carbocycles. The molecular formula is C21H24N2O5. The lowest BCUT2D eigenvalue weighted by atomic mass is 9.87. The van der Waals surface area contributed by atoms with Gasteiger partial charge in [0.2, 0.25) is 12.5 Å². The second kappa shape index (κ2) is 7.59. The van der Waals surface area contributed by atoms with Crippen molar-refractivity contribution in [3.8, 4) is 23.0 Å². The van der Waals surface area contributed by atoms with Crippen LogP contribution >= 0.6 is 0 Å². The van der Waals surface area contributed by atoms with Gasteiger partial charge in [-0.25, -0.2) is 0 Å². The van der Waals surface area contributed by atoms with E-state index in [0.717, 1.165) is 35.6 Å². The zero-order chi connectivity index (χ0) is 19.7. The van der Waals surface area contributed by atoms with Crippen LogP contribution in [0.3, 0.4) is 0 Å². The number of ether oxygens (including phenoxy) is 4. The fourth-order valence-electron chi connectivity index (χ4n) is 3.99. The number of hydrogen-bond donors (Lipinski definition) is 1. The van der Waals surface area contributed by atoms with Crippen molar-refractivity contribution in [1.82, 2.24) is 4.90 Å². The molecule has 148 valence electrons. The van der Waals surface area contributed by atoms with Gasteiger partial charge in [0.05, 0.1) is 19.9 Å². The number of hydrogen-bond acceptors (Lipinski definition) is 7. The maximum atomic E-state index is 9.74. The summed E-state index contributed by atoms with van der Waals surface area (Å²) in [6, 6.07) is 9.56. The van der Waals surface area contributed by atoms with E-state index in [-0.39, 0.29) is 12.8 Å². The molecule has 4 rings (SSSR count). The molecule has 0 fully saturated rings. The van der Waals surface area contributed by atoms with Crippen molar-refractivity contribution in [2.45, 2.75) is 18.9 Å². The van der Waals surface area contributed by atoms with Crippen LogP contribution in [-0.2, 0) is 6.42 Å². The van der Waals surface area contributed by atoms with Crippen molar-refractivity contribution in [2.75, 3.05) is 34.6 Å². The van der Waals surface area contributed by atoms with Crippen molar-refractivity contribution < 1.29 is 24.2 Å². The first-order valence-electron chi connectivity index (χ1n) is 9.21. The van der Waals surface area contributed by atoms with Crippen molar-refractivity contribution in [2.24, 2.45) is 5.16 Å². The monoisotopic (exact) mass is 384 g/mol. The number of rotatable bonds is 5. The Morgan fingerprint density at radius 3 is 2.86 bits per heavy atom. The summed E-state index contributed by atoms with van der Waals surface area (Å²) >= 11 is 0. The third kappa shape index (κ3) is 3.11. The normalized spacial score (nSPS) is 18.7. The number of oxime groups is 1. The molecule has 1 atom stereocenters. The fourth-order valence-corrected chi connectivity index (χ4v) is 3.99. The van der Waals surface area contributed by atoms with E-state index >= 15 is 0 Å². The smallest absolute Gasteiger partial charge is 0.231 e. The van der Waals surface area contributed by atoms with Crippen LogP contribution in [0.1, 0.15) is 29.2 Å². The Bertz CT molecular complexity index is 912. The summed E-state index contributed by atoms with van der Waals surface area (Å²) in [4.78, 5) is 2.25. The van der Waals surface area contributed by atoms with Crippen LogP contribution in [0.2, 0.25) is 0 Å². The van der Waals surface area contributed by atoms with Crippen LogP contribution in [0.15, 0.2) is 35.5 Å². The maximum absolute atomic E-state index is 9.74. The molecule has 0 bridgehead atoms. The number of fused-ring (bicyclic) bond motifs is 2. The van der Waals surface area contributed by atoms with E-state index in [1.165, 1.54) is 5.56 Å². The highest BCUT2D eigenvalue weighted by atomic mass is 16.7. The predicted octanol–water partition coefficient (Wildman–Crippen LogP) is 3.23. The summed E-state index contributed by atoms with van der Waals surface area (Å²) in [6.45, 7) is 1.08. The lowest BCUT2D eigenvalue weighted by molar-refractivity contribution is 0.170. The minimum absolute atomic E-state index is 0.0229. The van der Waals surface area contributed by atoms with Crippen LogP contribution in [0.5, 0.6) is 23.0 Å². The maximum Gasteiger partial charge on any atom is 0.231 e. The molecule has 0 saturated carbocycles. The Labute approximate surface area is 164 Å². The van der Waals surface area contributed by atoms with Crippen LogP contribution in [0.25, 0.3) is 0 Å². The lowest BCUT2D eigenvalue weighted by Crippen LogP contribution is -2.34.